The summed E-state index contributed by atoms with van der Waals surface area (Å²) in [4.78, 5) is 24.4. The first kappa shape index (κ1) is 14.0. The van der Waals surface area contributed by atoms with Gasteiger partial charge in [-0.15, -0.1) is 0 Å². The lowest BCUT2D eigenvalue weighted by Gasteiger charge is -2.33. The van der Waals surface area contributed by atoms with Gasteiger partial charge in [0, 0.05) is 6.54 Å². The van der Waals surface area contributed by atoms with Crippen molar-refractivity contribution in [2.24, 2.45) is 5.92 Å². The molecule has 0 bridgehead atoms. The molecule has 0 spiro atoms. The number of rotatable bonds is 7. The SMILES string of the molecule is CCN(CC(=O)NCC1CC1)C(C)(C)C(=O)O. The number of amides is 1. The van der Waals surface area contributed by atoms with Gasteiger partial charge in [-0.1, -0.05) is 6.92 Å². The minimum atomic E-state index is -1.01. The number of nitrogens with one attached hydrogen (secondary N) is 1. The molecule has 0 aromatic carbocycles. The van der Waals surface area contributed by atoms with E-state index in [1.807, 2.05) is 6.92 Å². The standard InChI is InChI=1S/C12H22N2O3/c1-4-14(12(2,3)11(16)17)8-10(15)13-7-9-5-6-9/h9H,4-8H2,1-3H3,(H,13,15)(H,16,17). The Morgan fingerprint density at radius 1 is 1.41 bits per heavy atom. The molecule has 1 saturated carbocycles. The number of carbonyl (C=O) groups excluding carboxylic acids is 1. The van der Waals surface area contributed by atoms with Crippen LogP contribution in [-0.2, 0) is 9.59 Å². The summed E-state index contributed by atoms with van der Waals surface area (Å²) in [5.41, 5.74) is -1.01. The number of carboxylic acid groups (broad SMARTS) is 1. The molecule has 1 aliphatic rings. The van der Waals surface area contributed by atoms with E-state index in [0.29, 0.717) is 12.5 Å². The highest BCUT2D eigenvalue weighted by Gasteiger charge is 2.34. The molecular weight excluding hydrogens is 220 g/mol. The fourth-order valence-corrected chi connectivity index (χ4v) is 1.65. The van der Waals surface area contributed by atoms with Crippen LogP contribution in [0.2, 0.25) is 0 Å². The largest absolute Gasteiger partial charge is 0.480 e. The Bertz CT molecular complexity index is 298. The highest BCUT2D eigenvalue weighted by Crippen LogP contribution is 2.27. The maximum absolute atomic E-state index is 11.7. The van der Waals surface area contributed by atoms with Crippen molar-refractivity contribution in [1.82, 2.24) is 10.2 Å². The zero-order chi connectivity index (χ0) is 13.1. The summed E-state index contributed by atoms with van der Waals surface area (Å²) in [6.45, 7) is 6.50. The van der Waals surface area contributed by atoms with Crippen molar-refractivity contribution in [3.63, 3.8) is 0 Å². The van der Waals surface area contributed by atoms with Gasteiger partial charge in [-0.2, -0.15) is 0 Å². The average Bonchev–Trinajstić information content (AvgIpc) is 3.06. The maximum atomic E-state index is 11.7. The van der Waals surface area contributed by atoms with Crippen molar-refractivity contribution in [3.05, 3.63) is 0 Å². The molecule has 0 saturated heterocycles. The van der Waals surface area contributed by atoms with Crippen LogP contribution in [0.1, 0.15) is 33.6 Å². The molecule has 0 aromatic rings. The van der Waals surface area contributed by atoms with Crippen molar-refractivity contribution < 1.29 is 14.7 Å². The van der Waals surface area contributed by atoms with E-state index in [9.17, 15) is 9.59 Å². The highest BCUT2D eigenvalue weighted by atomic mass is 16.4. The average molecular weight is 242 g/mol. The second kappa shape index (κ2) is 5.49. The van der Waals surface area contributed by atoms with Crippen molar-refractivity contribution in [2.75, 3.05) is 19.6 Å². The van der Waals surface area contributed by atoms with Crippen LogP contribution in [0.4, 0.5) is 0 Å². The molecule has 5 nitrogen and oxygen atoms in total. The Morgan fingerprint density at radius 3 is 2.41 bits per heavy atom. The Balaban J connectivity index is 2.44. The molecule has 0 aromatic heterocycles. The van der Waals surface area contributed by atoms with Gasteiger partial charge in [0.15, 0.2) is 0 Å². The van der Waals surface area contributed by atoms with Crippen molar-refractivity contribution in [2.45, 2.75) is 39.2 Å². The van der Waals surface area contributed by atoms with Crippen molar-refractivity contribution in [3.8, 4) is 0 Å². The van der Waals surface area contributed by atoms with Crippen LogP contribution in [0.3, 0.4) is 0 Å². The van der Waals surface area contributed by atoms with Crippen LogP contribution in [-0.4, -0.2) is 47.1 Å². The topological polar surface area (TPSA) is 69.6 Å². The van der Waals surface area contributed by atoms with Crippen molar-refractivity contribution in [1.29, 1.82) is 0 Å². The van der Waals surface area contributed by atoms with E-state index in [1.165, 1.54) is 12.8 Å². The van der Waals surface area contributed by atoms with E-state index in [2.05, 4.69) is 5.32 Å². The lowest BCUT2D eigenvalue weighted by Crippen LogP contribution is -2.53. The predicted octanol–water partition coefficient (Wildman–Crippen LogP) is 0.698. The molecule has 0 unspecified atom stereocenters. The summed E-state index contributed by atoms with van der Waals surface area (Å²) < 4.78 is 0. The van der Waals surface area contributed by atoms with Crippen LogP contribution in [0.5, 0.6) is 0 Å². The number of carbonyl (C=O) groups is 2. The van der Waals surface area contributed by atoms with E-state index in [0.717, 1.165) is 6.54 Å². The molecule has 2 N–H and O–H groups in total. The summed E-state index contributed by atoms with van der Waals surface area (Å²) in [6, 6.07) is 0. The van der Waals surface area contributed by atoms with Crippen LogP contribution >= 0.6 is 0 Å². The molecular formula is C12H22N2O3. The van der Waals surface area contributed by atoms with Crippen molar-refractivity contribution >= 4 is 11.9 Å². The molecule has 1 aliphatic carbocycles. The first-order valence-electron chi connectivity index (χ1n) is 6.13. The number of carboxylic acids is 1. The van der Waals surface area contributed by atoms with E-state index in [4.69, 9.17) is 5.11 Å². The van der Waals surface area contributed by atoms with Crippen LogP contribution in [0.25, 0.3) is 0 Å². The third kappa shape index (κ3) is 4.00. The summed E-state index contributed by atoms with van der Waals surface area (Å²) in [6.07, 6.45) is 2.39. The minimum Gasteiger partial charge on any atom is -0.480 e. The Kier molecular flexibility index (Phi) is 4.51. The third-order valence-electron chi connectivity index (χ3n) is 3.31. The number of likely N-dealkylation sites (N-methyl/N-ethyl adjacent to an activating group) is 1. The number of nitrogens with zero attached hydrogens (tertiary/aromatic N) is 1. The van der Waals surface area contributed by atoms with Crippen LogP contribution < -0.4 is 5.32 Å². The van der Waals surface area contributed by atoms with E-state index >= 15 is 0 Å². The van der Waals surface area contributed by atoms with Gasteiger partial charge < -0.3 is 10.4 Å². The molecule has 0 atom stereocenters. The van der Waals surface area contributed by atoms with Gasteiger partial charge in [0.1, 0.15) is 5.54 Å². The van der Waals surface area contributed by atoms with Gasteiger partial charge in [0.2, 0.25) is 5.91 Å². The molecule has 98 valence electrons. The molecule has 0 radical (unpaired) electrons. The Hall–Kier alpha value is -1.10. The maximum Gasteiger partial charge on any atom is 0.323 e. The lowest BCUT2D eigenvalue weighted by molar-refractivity contribution is -0.150. The van der Waals surface area contributed by atoms with Crippen LogP contribution in [0.15, 0.2) is 0 Å². The number of hydrogen-bond acceptors (Lipinski definition) is 3. The van der Waals surface area contributed by atoms with Crippen LogP contribution in [0, 0.1) is 5.92 Å². The zero-order valence-electron chi connectivity index (χ0n) is 10.8. The molecule has 5 heteroatoms. The molecule has 1 fully saturated rings. The first-order chi connectivity index (χ1) is 7.87. The normalized spacial score (nSPS) is 16.0. The monoisotopic (exact) mass is 242 g/mol. The van der Waals surface area contributed by atoms with E-state index in [-0.39, 0.29) is 12.5 Å². The third-order valence-corrected chi connectivity index (χ3v) is 3.31. The summed E-state index contributed by atoms with van der Waals surface area (Å²) in [5.74, 6) is -0.357. The Morgan fingerprint density at radius 2 is 2.00 bits per heavy atom. The molecule has 0 aliphatic heterocycles. The smallest absolute Gasteiger partial charge is 0.323 e. The molecule has 1 rings (SSSR count). The second-order valence-corrected chi connectivity index (χ2v) is 5.13. The fraction of sp³-hybridized carbons (Fsp3) is 0.833. The fourth-order valence-electron chi connectivity index (χ4n) is 1.65. The predicted molar refractivity (Wildman–Crippen MR) is 64.7 cm³/mol. The molecule has 1 amide bonds. The summed E-state index contributed by atoms with van der Waals surface area (Å²) in [5, 5.41) is 12.0. The first-order valence-corrected chi connectivity index (χ1v) is 6.13. The number of hydrogen-bond donors (Lipinski definition) is 2. The van der Waals surface area contributed by atoms with Gasteiger partial charge in [-0.05, 0) is 39.2 Å². The Labute approximate surface area is 102 Å². The molecule has 17 heavy (non-hydrogen) atoms. The summed E-state index contributed by atoms with van der Waals surface area (Å²) >= 11 is 0. The van der Waals surface area contributed by atoms with Gasteiger partial charge >= 0.3 is 5.97 Å². The van der Waals surface area contributed by atoms with E-state index in [1.54, 1.807) is 18.7 Å². The quantitative estimate of drug-likeness (QED) is 0.689. The van der Waals surface area contributed by atoms with Gasteiger partial charge in [-0.25, -0.2) is 0 Å². The summed E-state index contributed by atoms with van der Waals surface area (Å²) in [7, 11) is 0. The van der Waals surface area contributed by atoms with Gasteiger partial charge in [0.05, 0.1) is 6.54 Å². The van der Waals surface area contributed by atoms with Gasteiger partial charge in [-0.3, -0.25) is 14.5 Å². The van der Waals surface area contributed by atoms with E-state index < -0.39 is 11.5 Å². The number of aliphatic carboxylic acids is 1. The second-order valence-electron chi connectivity index (χ2n) is 5.13. The highest BCUT2D eigenvalue weighted by molar-refractivity contribution is 5.81. The van der Waals surface area contributed by atoms with Gasteiger partial charge in [0.25, 0.3) is 0 Å². The molecule has 0 heterocycles. The lowest BCUT2D eigenvalue weighted by atomic mass is 10.0. The zero-order valence-corrected chi connectivity index (χ0v) is 10.8. The minimum absolute atomic E-state index is 0.0897.